The van der Waals surface area contributed by atoms with Crippen LogP contribution in [0.5, 0.6) is 11.5 Å². The highest BCUT2D eigenvalue weighted by molar-refractivity contribution is 8.15. The molecule has 1 heterocycles. The molecule has 0 saturated carbocycles. The van der Waals surface area contributed by atoms with Crippen LogP contribution in [0.2, 0.25) is 0 Å². The van der Waals surface area contributed by atoms with E-state index in [0.717, 1.165) is 12.2 Å². The maximum atomic E-state index is 14.2. The predicted octanol–water partition coefficient (Wildman–Crippen LogP) is 5.83. The molecule has 0 bridgehead atoms. The van der Waals surface area contributed by atoms with Crippen molar-refractivity contribution in [3.63, 3.8) is 0 Å². The third kappa shape index (κ3) is 7.13. The van der Waals surface area contributed by atoms with Gasteiger partial charge in [-0.05, 0) is 73.0 Å². The molecule has 1 saturated heterocycles. The number of thioether (sulfide) groups is 1. The van der Waals surface area contributed by atoms with E-state index in [9.17, 15) is 14.0 Å². The summed E-state index contributed by atoms with van der Waals surface area (Å²) in [6.45, 7) is 2.90. The van der Waals surface area contributed by atoms with Gasteiger partial charge in [0.15, 0.2) is 5.17 Å². The lowest BCUT2D eigenvalue weighted by molar-refractivity contribution is -0.129. The minimum Gasteiger partial charge on any atom is -0.497 e. The molecule has 3 aromatic rings. The van der Waals surface area contributed by atoms with Gasteiger partial charge in [0.1, 0.15) is 22.6 Å². The van der Waals surface area contributed by atoms with Crippen molar-refractivity contribution in [2.45, 2.75) is 31.4 Å². The summed E-state index contributed by atoms with van der Waals surface area (Å²) in [6.07, 6.45) is 1.24. The number of anilines is 1. The highest BCUT2D eigenvalue weighted by atomic mass is 32.2. The van der Waals surface area contributed by atoms with Crippen LogP contribution in [-0.2, 0) is 16.0 Å². The normalized spacial score (nSPS) is 16.4. The lowest BCUT2D eigenvalue weighted by Crippen LogP contribution is -2.46. The molecular formula is C29H30FN3O4S. The second kappa shape index (κ2) is 13.1. The van der Waals surface area contributed by atoms with Crippen molar-refractivity contribution in [1.82, 2.24) is 4.90 Å². The van der Waals surface area contributed by atoms with Gasteiger partial charge in [-0.25, -0.2) is 9.38 Å². The van der Waals surface area contributed by atoms with Crippen LogP contribution >= 0.6 is 11.8 Å². The summed E-state index contributed by atoms with van der Waals surface area (Å²) in [5, 5.41) is 2.62. The molecule has 4 rings (SSSR count). The Hall–Kier alpha value is -3.85. The van der Waals surface area contributed by atoms with Crippen LogP contribution in [0.15, 0.2) is 77.8 Å². The zero-order valence-corrected chi connectivity index (χ0v) is 22.2. The van der Waals surface area contributed by atoms with E-state index in [0.29, 0.717) is 40.9 Å². The van der Waals surface area contributed by atoms with Crippen molar-refractivity contribution in [3.05, 3.63) is 84.2 Å². The van der Waals surface area contributed by atoms with Crippen LogP contribution in [0.25, 0.3) is 0 Å². The number of carbonyl (C=O) groups excluding carboxylic acids is 2. The molecule has 1 fully saturated rings. The lowest BCUT2D eigenvalue weighted by atomic mass is 10.1. The fourth-order valence-electron chi connectivity index (χ4n) is 3.84. The number of nitrogens with zero attached hydrogens (tertiary/aromatic N) is 2. The number of hydrogen-bond acceptors (Lipinski definition) is 6. The largest absolute Gasteiger partial charge is 0.497 e. The van der Waals surface area contributed by atoms with Gasteiger partial charge in [-0.3, -0.25) is 14.5 Å². The van der Waals surface area contributed by atoms with Crippen LogP contribution in [0.4, 0.5) is 15.8 Å². The number of amides is 2. The number of hydrogen-bond donors (Lipinski definition) is 1. The van der Waals surface area contributed by atoms with Crippen LogP contribution < -0.4 is 14.8 Å². The van der Waals surface area contributed by atoms with E-state index in [1.807, 2.05) is 6.92 Å². The zero-order chi connectivity index (χ0) is 26.9. The molecule has 3 aromatic carbocycles. The molecule has 1 aliphatic rings. The lowest BCUT2D eigenvalue weighted by Gasteiger charge is -2.32. The maximum Gasteiger partial charge on any atom is 0.238 e. The fourth-order valence-corrected chi connectivity index (χ4v) is 4.96. The zero-order valence-electron chi connectivity index (χ0n) is 21.4. The first-order valence-corrected chi connectivity index (χ1v) is 13.3. The number of rotatable bonds is 10. The summed E-state index contributed by atoms with van der Waals surface area (Å²) in [4.78, 5) is 32.6. The maximum absolute atomic E-state index is 14.2. The molecule has 0 aliphatic carbocycles. The Bertz CT molecular complexity index is 1280. The third-order valence-corrected chi connectivity index (χ3v) is 7.07. The number of benzene rings is 3. The highest BCUT2D eigenvalue weighted by Gasteiger charge is 2.36. The van der Waals surface area contributed by atoms with Crippen molar-refractivity contribution in [1.29, 1.82) is 0 Å². The van der Waals surface area contributed by atoms with Crippen molar-refractivity contribution < 1.29 is 23.5 Å². The quantitative estimate of drug-likeness (QED) is 0.354. The average molecular weight is 536 g/mol. The molecule has 0 spiro atoms. The molecule has 1 aliphatic heterocycles. The topological polar surface area (TPSA) is 80.2 Å². The Morgan fingerprint density at radius 2 is 1.79 bits per heavy atom. The Balaban J connectivity index is 1.51. The Labute approximate surface area is 226 Å². The average Bonchev–Trinajstić information content (AvgIpc) is 2.93. The molecule has 38 heavy (non-hydrogen) atoms. The SMILES string of the molecule is CCCOc1ccc(NC(=O)C2CC(=O)N(CCc3ccccc3F)C(=Nc3ccc(OC)cc3)S2)cc1. The number of aliphatic imine (C=N–C) groups is 1. The van der Waals surface area contributed by atoms with Crippen LogP contribution in [0.3, 0.4) is 0 Å². The third-order valence-electron chi connectivity index (χ3n) is 5.89. The minimum atomic E-state index is -0.666. The number of halogens is 1. The van der Waals surface area contributed by atoms with Crippen molar-refractivity contribution in [3.8, 4) is 11.5 Å². The van der Waals surface area contributed by atoms with Crippen LogP contribution in [-0.4, -0.2) is 47.4 Å². The molecule has 198 valence electrons. The van der Waals surface area contributed by atoms with Gasteiger partial charge in [0.25, 0.3) is 0 Å². The minimum absolute atomic E-state index is 0.00704. The summed E-state index contributed by atoms with van der Waals surface area (Å²) in [5.74, 6) is 0.562. The van der Waals surface area contributed by atoms with E-state index in [4.69, 9.17) is 9.47 Å². The van der Waals surface area contributed by atoms with Gasteiger partial charge in [-0.15, -0.1) is 0 Å². The first-order chi connectivity index (χ1) is 18.5. The van der Waals surface area contributed by atoms with Gasteiger partial charge in [0, 0.05) is 18.7 Å². The van der Waals surface area contributed by atoms with Gasteiger partial charge in [0.05, 0.1) is 19.4 Å². The molecule has 1 atom stereocenters. The van der Waals surface area contributed by atoms with E-state index in [1.165, 1.54) is 22.7 Å². The molecule has 7 nitrogen and oxygen atoms in total. The summed E-state index contributed by atoms with van der Waals surface area (Å²) in [6, 6.07) is 20.7. The number of nitrogens with one attached hydrogen (secondary N) is 1. The van der Waals surface area contributed by atoms with E-state index in [-0.39, 0.29) is 30.6 Å². The number of methoxy groups -OCH3 is 1. The second-order valence-electron chi connectivity index (χ2n) is 8.65. The molecule has 9 heteroatoms. The number of carbonyl (C=O) groups is 2. The smallest absolute Gasteiger partial charge is 0.238 e. The molecule has 0 aromatic heterocycles. The van der Waals surface area contributed by atoms with Gasteiger partial charge in [-0.1, -0.05) is 36.9 Å². The van der Waals surface area contributed by atoms with E-state index >= 15 is 0 Å². The van der Waals surface area contributed by atoms with E-state index in [1.54, 1.807) is 73.8 Å². The summed E-state index contributed by atoms with van der Waals surface area (Å²) in [7, 11) is 1.58. The first kappa shape index (κ1) is 27.2. The summed E-state index contributed by atoms with van der Waals surface area (Å²) >= 11 is 1.22. The van der Waals surface area contributed by atoms with Crippen LogP contribution in [0, 0.1) is 5.82 Å². The van der Waals surface area contributed by atoms with Gasteiger partial charge >= 0.3 is 0 Å². The first-order valence-electron chi connectivity index (χ1n) is 12.4. The molecular weight excluding hydrogens is 505 g/mol. The Morgan fingerprint density at radius 1 is 1.08 bits per heavy atom. The van der Waals surface area contributed by atoms with E-state index < -0.39 is 5.25 Å². The molecule has 1 N–H and O–H groups in total. The van der Waals surface area contributed by atoms with Gasteiger partial charge in [0.2, 0.25) is 11.8 Å². The molecule has 0 radical (unpaired) electrons. The molecule has 2 amide bonds. The fraction of sp³-hybridized carbons (Fsp3) is 0.276. The number of amidine groups is 1. The second-order valence-corrected chi connectivity index (χ2v) is 9.82. The van der Waals surface area contributed by atoms with E-state index in [2.05, 4.69) is 10.3 Å². The van der Waals surface area contributed by atoms with Gasteiger partial charge < -0.3 is 14.8 Å². The van der Waals surface area contributed by atoms with Crippen molar-refractivity contribution in [2.24, 2.45) is 4.99 Å². The summed E-state index contributed by atoms with van der Waals surface area (Å²) in [5.41, 5.74) is 1.74. The highest BCUT2D eigenvalue weighted by Crippen LogP contribution is 2.31. The molecule has 1 unspecified atom stereocenters. The Kier molecular flexibility index (Phi) is 9.37. The van der Waals surface area contributed by atoms with Crippen molar-refractivity contribution >= 4 is 40.1 Å². The number of ether oxygens (including phenoxy) is 2. The van der Waals surface area contributed by atoms with Crippen LogP contribution in [0.1, 0.15) is 25.3 Å². The van der Waals surface area contributed by atoms with Gasteiger partial charge in [-0.2, -0.15) is 0 Å². The van der Waals surface area contributed by atoms with Crippen molar-refractivity contribution in [2.75, 3.05) is 25.6 Å². The monoisotopic (exact) mass is 535 g/mol. The standard InChI is InChI=1S/C29H30FN3O4S/c1-3-18-37-24-14-10-21(11-15-24)31-28(35)26-19-27(34)33(17-16-20-6-4-5-7-25(20)30)29(38-26)32-22-8-12-23(36-2)13-9-22/h4-15,26H,3,16-19H2,1-2H3,(H,31,35). The Morgan fingerprint density at radius 3 is 2.47 bits per heavy atom. The predicted molar refractivity (Wildman–Crippen MR) is 149 cm³/mol. The summed E-state index contributed by atoms with van der Waals surface area (Å²) < 4.78 is 25.0.